The molecule has 0 saturated heterocycles. The summed E-state index contributed by atoms with van der Waals surface area (Å²) in [5, 5.41) is 10.2. The normalized spacial score (nSPS) is 18.8. The van der Waals surface area contributed by atoms with Gasteiger partial charge in [0.25, 0.3) is 0 Å². The van der Waals surface area contributed by atoms with Gasteiger partial charge in [-0.1, -0.05) is 12.1 Å². The molecule has 23 heavy (non-hydrogen) atoms. The lowest BCUT2D eigenvalue weighted by Crippen LogP contribution is -2.21. The zero-order valence-electron chi connectivity index (χ0n) is 13.0. The minimum Gasteiger partial charge on any atom is -0.511 e. The Morgan fingerprint density at radius 1 is 1.30 bits per heavy atom. The van der Waals surface area contributed by atoms with Crippen molar-refractivity contribution in [1.82, 2.24) is 0 Å². The average molecular weight is 316 g/mol. The van der Waals surface area contributed by atoms with E-state index in [9.17, 15) is 14.7 Å². The first-order valence-electron chi connectivity index (χ1n) is 7.47. The summed E-state index contributed by atoms with van der Waals surface area (Å²) < 4.78 is 4.55. The lowest BCUT2D eigenvalue weighted by molar-refractivity contribution is -0.140. The number of esters is 1. The molecule has 3 N–H and O–H groups in total. The number of hydrogen-bond donors (Lipinski definition) is 2. The molecule has 2 rings (SSSR count). The molecule has 0 bridgehead atoms. The van der Waals surface area contributed by atoms with Crippen molar-refractivity contribution in [2.24, 2.45) is 4.99 Å². The number of nitrogens with two attached hydrogens (primary N) is 1. The number of aliphatic imine (C=N–C) groups is 1. The van der Waals surface area contributed by atoms with E-state index in [-0.39, 0.29) is 30.0 Å². The fourth-order valence-electron chi connectivity index (χ4n) is 2.45. The van der Waals surface area contributed by atoms with Gasteiger partial charge in [0.2, 0.25) is 0 Å². The van der Waals surface area contributed by atoms with E-state index in [1.54, 1.807) is 24.3 Å². The van der Waals surface area contributed by atoms with Crippen LogP contribution in [0.5, 0.6) is 0 Å². The molecule has 0 heterocycles. The summed E-state index contributed by atoms with van der Waals surface area (Å²) in [5.74, 6) is -0.716. The number of ketones is 1. The van der Waals surface area contributed by atoms with E-state index in [2.05, 4.69) is 9.73 Å². The van der Waals surface area contributed by atoms with Crippen molar-refractivity contribution in [3.63, 3.8) is 0 Å². The maximum Gasteiger partial charge on any atom is 0.305 e. The van der Waals surface area contributed by atoms with Crippen molar-refractivity contribution in [2.75, 3.05) is 12.8 Å². The molecular weight excluding hydrogens is 296 g/mol. The molecule has 0 unspecified atom stereocenters. The topological polar surface area (TPSA) is 102 Å². The van der Waals surface area contributed by atoms with Crippen LogP contribution in [0.2, 0.25) is 0 Å². The van der Waals surface area contributed by atoms with Gasteiger partial charge in [0.15, 0.2) is 5.78 Å². The second-order valence-electron chi connectivity index (χ2n) is 5.29. The van der Waals surface area contributed by atoms with E-state index in [0.717, 1.165) is 0 Å². The molecule has 0 amide bonds. The fourth-order valence-corrected chi connectivity index (χ4v) is 2.45. The Hall–Kier alpha value is -2.63. The number of aliphatic hydroxyl groups excluding tert-OH is 1. The lowest BCUT2D eigenvalue weighted by Gasteiger charge is -2.18. The summed E-state index contributed by atoms with van der Waals surface area (Å²) >= 11 is 0. The van der Waals surface area contributed by atoms with E-state index >= 15 is 0 Å². The number of Topliss-reactive ketones (excluding diaryl/α,β-unsaturated/α-hetero) is 1. The Kier molecular flexibility index (Phi) is 5.51. The minimum atomic E-state index is -0.439. The first-order valence-corrected chi connectivity index (χ1v) is 7.47. The minimum absolute atomic E-state index is 0.0138. The van der Waals surface area contributed by atoms with Crippen molar-refractivity contribution in [3.8, 4) is 0 Å². The van der Waals surface area contributed by atoms with Crippen molar-refractivity contribution < 1.29 is 19.4 Å². The number of hydrogen-bond acceptors (Lipinski definition) is 6. The van der Waals surface area contributed by atoms with E-state index in [0.29, 0.717) is 36.3 Å². The summed E-state index contributed by atoms with van der Waals surface area (Å²) in [6.45, 7) is 0. The smallest absolute Gasteiger partial charge is 0.305 e. The van der Waals surface area contributed by atoms with Crippen LogP contribution in [0.25, 0.3) is 0 Å². The molecule has 1 fully saturated rings. The molecule has 6 nitrogen and oxygen atoms in total. The molecule has 0 aromatic heterocycles. The number of aliphatic hydroxyl groups is 1. The van der Waals surface area contributed by atoms with Gasteiger partial charge in [-0.3, -0.25) is 14.6 Å². The molecule has 1 aromatic carbocycles. The second-order valence-corrected chi connectivity index (χ2v) is 5.29. The van der Waals surface area contributed by atoms with Crippen LogP contribution in [-0.2, 0) is 14.3 Å². The van der Waals surface area contributed by atoms with E-state index in [4.69, 9.17) is 5.73 Å². The second kappa shape index (κ2) is 7.58. The Labute approximate surface area is 134 Å². The maximum absolute atomic E-state index is 12.2. The van der Waals surface area contributed by atoms with Gasteiger partial charge in [-0.05, 0) is 25.0 Å². The van der Waals surface area contributed by atoms with Crippen LogP contribution >= 0.6 is 0 Å². The number of rotatable bonds is 4. The molecule has 0 spiro atoms. The van der Waals surface area contributed by atoms with Gasteiger partial charge >= 0.3 is 5.97 Å². The first kappa shape index (κ1) is 16.7. The van der Waals surface area contributed by atoms with Gasteiger partial charge in [-0.25, -0.2) is 0 Å². The zero-order valence-corrected chi connectivity index (χ0v) is 13.0. The van der Waals surface area contributed by atoms with Crippen molar-refractivity contribution in [3.05, 3.63) is 35.6 Å². The number of allylic oxidation sites excluding steroid dienone is 2. The van der Waals surface area contributed by atoms with Crippen molar-refractivity contribution in [2.45, 2.75) is 32.1 Å². The largest absolute Gasteiger partial charge is 0.511 e. The van der Waals surface area contributed by atoms with Crippen LogP contribution in [0.3, 0.4) is 0 Å². The third-order valence-corrected chi connectivity index (χ3v) is 3.66. The van der Waals surface area contributed by atoms with Crippen LogP contribution in [0.15, 0.2) is 40.6 Å². The Bertz CT molecular complexity index is 677. The van der Waals surface area contributed by atoms with Crippen LogP contribution in [0.4, 0.5) is 11.4 Å². The van der Waals surface area contributed by atoms with Gasteiger partial charge in [0.05, 0.1) is 36.2 Å². The fraction of sp³-hybridized carbons (Fsp3) is 0.353. The number of methoxy groups -OCH3 is 1. The number of nitrogens with zero attached hydrogens (tertiary/aromatic N) is 1. The first-order chi connectivity index (χ1) is 11.0. The highest BCUT2D eigenvalue weighted by molar-refractivity contribution is 6.24. The summed E-state index contributed by atoms with van der Waals surface area (Å²) in [6, 6.07) is 7.09. The van der Waals surface area contributed by atoms with Crippen molar-refractivity contribution >= 4 is 28.8 Å². The number of nitrogen functional groups attached to an aromatic ring is 1. The van der Waals surface area contributed by atoms with E-state index in [1.807, 2.05) is 0 Å². The number of benzene rings is 1. The summed E-state index contributed by atoms with van der Waals surface area (Å²) in [5.41, 5.74) is 7.68. The SMILES string of the molecule is COC(=O)CCC(O)=C1C(=O)CCCC1=Nc1ccccc1N. The Balaban J connectivity index is 2.34. The Morgan fingerprint density at radius 3 is 2.74 bits per heavy atom. The predicted molar refractivity (Wildman–Crippen MR) is 87.7 cm³/mol. The molecule has 1 aliphatic carbocycles. The number of carbonyl (C=O) groups excluding carboxylic acids is 2. The molecule has 0 aliphatic heterocycles. The molecule has 1 saturated carbocycles. The van der Waals surface area contributed by atoms with Crippen molar-refractivity contribution in [1.29, 1.82) is 0 Å². The lowest BCUT2D eigenvalue weighted by atomic mass is 9.89. The monoisotopic (exact) mass is 316 g/mol. The van der Waals surface area contributed by atoms with E-state index < -0.39 is 5.97 Å². The third kappa shape index (κ3) is 4.18. The van der Waals surface area contributed by atoms with Gasteiger partial charge in [0, 0.05) is 12.8 Å². The quantitative estimate of drug-likeness (QED) is 0.385. The molecule has 1 aromatic rings. The predicted octanol–water partition coefficient (Wildman–Crippen LogP) is 2.86. The molecule has 122 valence electrons. The number of para-hydroxylation sites is 2. The van der Waals surface area contributed by atoms with Gasteiger partial charge in [-0.15, -0.1) is 0 Å². The zero-order chi connectivity index (χ0) is 16.8. The highest BCUT2D eigenvalue weighted by Gasteiger charge is 2.26. The molecule has 0 atom stereocenters. The molecule has 1 aliphatic rings. The average Bonchev–Trinajstić information content (AvgIpc) is 2.54. The molecular formula is C17H20N2O4. The highest BCUT2D eigenvalue weighted by atomic mass is 16.5. The van der Waals surface area contributed by atoms with Crippen LogP contribution in [0, 0.1) is 0 Å². The van der Waals surface area contributed by atoms with Crippen LogP contribution in [0.1, 0.15) is 32.1 Å². The van der Waals surface area contributed by atoms with Gasteiger partial charge in [-0.2, -0.15) is 0 Å². The molecule has 6 heteroatoms. The summed E-state index contributed by atoms with van der Waals surface area (Å²) in [7, 11) is 1.28. The van der Waals surface area contributed by atoms with Crippen LogP contribution < -0.4 is 5.73 Å². The Morgan fingerprint density at radius 2 is 2.04 bits per heavy atom. The number of ether oxygens (including phenoxy) is 1. The maximum atomic E-state index is 12.2. The molecule has 0 radical (unpaired) electrons. The summed E-state index contributed by atoms with van der Waals surface area (Å²) in [4.78, 5) is 27.9. The number of anilines is 1. The number of carbonyl (C=O) groups is 2. The highest BCUT2D eigenvalue weighted by Crippen LogP contribution is 2.28. The van der Waals surface area contributed by atoms with Gasteiger partial charge in [0.1, 0.15) is 5.76 Å². The van der Waals surface area contributed by atoms with E-state index in [1.165, 1.54) is 7.11 Å². The summed E-state index contributed by atoms with van der Waals surface area (Å²) in [6.07, 6.45) is 1.69. The van der Waals surface area contributed by atoms with Crippen LogP contribution in [-0.4, -0.2) is 29.7 Å². The third-order valence-electron chi connectivity index (χ3n) is 3.66. The van der Waals surface area contributed by atoms with Gasteiger partial charge < -0.3 is 15.6 Å². The standard InChI is InChI=1S/C17H20N2O4/c1-23-16(22)10-9-15(21)17-13(7-4-8-14(17)20)19-12-6-3-2-5-11(12)18/h2-3,5-6,21H,4,7-10,18H2,1H3.